The van der Waals surface area contributed by atoms with Crippen LogP contribution in [0.2, 0.25) is 0 Å². The predicted molar refractivity (Wildman–Crippen MR) is 75.7 cm³/mol. The van der Waals surface area contributed by atoms with Crippen LogP contribution in [0.3, 0.4) is 0 Å². The van der Waals surface area contributed by atoms with Crippen molar-refractivity contribution >= 4 is 10.0 Å². The molecule has 0 aliphatic heterocycles. The van der Waals surface area contributed by atoms with E-state index in [-0.39, 0.29) is 4.90 Å². The first-order valence-corrected chi connectivity index (χ1v) is 7.90. The molecule has 0 radical (unpaired) electrons. The Morgan fingerprint density at radius 1 is 1.35 bits per heavy atom. The van der Waals surface area contributed by atoms with E-state index < -0.39 is 10.0 Å². The van der Waals surface area contributed by atoms with Gasteiger partial charge in [0.15, 0.2) is 0 Å². The second-order valence-corrected chi connectivity index (χ2v) is 6.20. The fraction of sp³-hybridized carbons (Fsp3) is 0.417. The normalized spacial score (nSPS) is 11.8. The van der Waals surface area contributed by atoms with Crippen LogP contribution in [-0.4, -0.2) is 37.0 Å². The lowest BCUT2D eigenvalue weighted by Gasteiger charge is -2.04. The quantitative estimate of drug-likeness (QED) is 0.529. The zero-order valence-electron chi connectivity index (χ0n) is 11.3. The number of aromatic amines is 2. The summed E-state index contributed by atoms with van der Waals surface area (Å²) in [5.41, 5.74) is 0.837. The van der Waals surface area contributed by atoms with E-state index in [9.17, 15) is 8.42 Å². The predicted octanol–water partition coefficient (Wildman–Crippen LogP) is 0.368. The van der Waals surface area contributed by atoms with E-state index in [1.54, 1.807) is 18.5 Å². The molecule has 0 spiro atoms. The first-order valence-electron chi connectivity index (χ1n) is 6.41. The van der Waals surface area contributed by atoms with Gasteiger partial charge >= 0.3 is 0 Å². The van der Waals surface area contributed by atoms with E-state index in [2.05, 4.69) is 25.0 Å². The Labute approximate surface area is 118 Å². The van der Waals surface area contributed by atoms with Crippen LogP contribution < -0.4 is 10.0 Å². The molecule has 8 heteroatoms. The van der Waals surface area contributed by atoms with Crippen LogP contribution in [0.15, 0.2) is 29.6 Å². The molecule has 7 nitrogen and oxygen atoms in total. The van der Waals surface area contributed by atoms with Crippen molar-refractivity contribution in [1.29, 1.82) is 0 Å². The molecule has 2 aromatic heterocycles. The first kappa shape index (κ1) is 14.8. The minimum atomic E-state index is -3.44. The van der Waals surface area contributed by atoms with E-state index in [0.717, 1.165) is 11.5 Å². The number of imidazole rings is 1. The number of rotatable bonds is 8. The molecule has 110 valence electrons. The van der Waals surface area contributed by atoms with Crippen LogP contribution in [0.5, 0.6) is 0 Å². The van der Waals surface area contributed by atoms with Gasteiger partial charge in [0, 0.05) is 43.8 Å². The molecule has 0 aliphatic rings. The van der Waals surface area contributed by atoms with Crippen molar-refractivity contribution in [2.45, 2.75) is 24.3 Å². The number of nitrogens with one attached hydrogen (secondary N) is 4. The molecule has 2 heterocycles. The summed E-state index contributed by atoms with van der Waals surface area (Å²) in [5, 5.41) is 2.96. The molecule has 4 N–H and O–H groups in total. The molecule has 0 fully saturated rings. The van der Waals surface area contributed by atoms with Crippen LogP contribution in [0.25, 0.3) is 0 Å². The summed E-state index contributed by atoms with van der Waals surface area (Å²) in [6, 6.07) is 1.63. The Balaban J connectivity index is 1.83. The topological polar surface area (TPSA) is 103 Å². The highest BCUT2D eigenvalue weighted by molar-refractivity contribution is 7.89. The minimum Gasteiger partial charge on any atom is -0.363 e. The maximum absolute atomic E-state index is 12.0. The fourth-order valence-electron chi connectivity index (χ4n) is 1.85. The molecule has 20 heavy (non-hydrogen) atoms. The maximum atomic E-state index is 12.0. The molecule has 0 aromatic carbocycles. The third-order valence-electron chi connectivity index (χ3n) is 2.83. The minimum absolute atomic E-state index is 0.265. The standard InChI is InChI=1S/C12H19N5O2S/c1-13-8-10-7-11(9-16-10)20(18,19)17-4-2-3-12-14-5-6-15-12/h5-7,9,13,16-17H,2-4,8H2,1H3,(H,14,15). The van der Waals surface area contributed by atoms with Crippen molar-refractivity contribution in [2.24, 2.45) is 0 Å². The molecular weight excluding hydrogens is 278 g/mol. The van der Waals surface area contributed by atoms with Crippen LogP contribution in [0.1, 0.15) is 17.9 Å². The largest absolute Gasteiger partial charge is 0.363 e. The molecule has 0 bridgehead atoms. The number of aryl methyl sites for hydroxylation is 1. The lowest BCUT2D eigenvalue weighted by molar-refractivity contribution is 0.578. The molecule has 2 rings (SSSR count). The Hall–Kier alpha value is -1.64. The number of H-pyrrole nitrogens is 2. The van der Waals surface area contributed by atoms with Crippen molar-refractivity contribution < 1.29 is 8.42 Å². The van der Waals surface area contributed by atoms with Crippen molar-refractivity contribution in [2.75, 3.05) is 13.6 Å². The summed E-state index contributed by atoms with van der Waals surface area (Å²) < 4.78 is 26.7. The van der Waals surface area contributed by atoms with Crippen LogP contribution in [0, 0.1) is 0 Å². The summed E-state index contributed by atoms with van der Waals surface area (Å²) >= 11 is 0. The van der Waals surface area contributed by atoms with Gasteiger partial charge in [0.25, 0.3) is 0 Å². The smallest absolute Gasteiger partial charge is 0.242 e. The number of sulfonamides is 1. The van der Waals surface area contributed by atoms with Crippen LogP contribution in [-0.2, 0) is 23.0 Å². The van der Waals surface area contributed by atoms with Gasteiger partial charge in [-0.25, -0.2) is 18.1 Å². The van der Waals surface area contributed by atoms with Gasteiger partial charge in [0.05, 0.1) is 4.90 Å². The average molecular weight is 297 g/mol. The number of aromatic nitrogens is 3. The van der Waals surface area contributed by atoms with Gasteiger partial charge in [-0.3, -0.25) is 0 Å². The maximum Gasteiger partial charge on any atom is 0.242 e. The second-order valence-electron chi connectivity index (χ2n) is 4.43. The van der Waals surface area contributed by atoms with E-state index in [1.165, 1.54) is 6.20 Å². The molecule has 0 unspecified atom stereocenters. The third kappa shape index (κ3) is 3.92. The Morgan fingerprint density at radius 2 is 2.20 bits per heavy atom. The van der Waals surface area contributed by atoms with Gasteiger partial charge in [-0.1, -0.05) is 0 Å². The molecule has 0 aliphatic carbocycles. The average Bonchev–Trinajstić information content (AvgIpc) is 3.06. The molecule has 0 amide bonds. The van der Waals surface area contributed by atoms with Crippen molar-refractivity contribution in [3.05, 3.63) is 36.2 Å². The van der Waals surface area contributed by atoms with Gasteiger partial charge in [0.1, 0.15) is 5.82 Å². The molecule has 0 saturated carbocycles. The van der Waals surface area contributed by atoms with E-state index in [4.69, 9.17) is 0 Å². The summed E-state index contributed by atoms with van der Waals surface area (Å²) in [6.45, 7) is 0.990. The Bertz CT molecular complexity index is 618. The Morgan fingerprint density at radius 3 is 2.90 bits per heavy atom. The van der Waals surface area contributed by atoms with E-state index in [1.807, 2.05) is 7.05 Å². The summed E-state index contributed by atoms with van der Waals surface area (Å²) in [5.74, 6) is 0.863. The van der Waals surface area contributed by atoms with Crippen molar-refractivity contribution in [1.82, 2.24) is 25.0 Å². The number of nitrogens with zero attached hydrogens (tertiary/aromatic N) is 1. The fourth-order valence-corrected chi connectivity index (χ4v) is 2.94. The first-order chi connectivity index (χ1) is 9.62. The summed E-state index contributed by atoms with van der Waals surface area (Å²) in [6.07, 6.45) is 6.35. The molecular formula is C12H19N5O2S. The highest BCUT2D eigenvalue weighted by Gasteiger charge is 2.15. The van der Waals surface area contributed by atoms with Gasteiger partial charge in [-0.05, 0) is 19.5 Å². The summed E-state index contributed by atoms with van der Waals surface area (Å²) in [4.78, 5) is 10.3. The second kappa shape index (κ2) is 6.69. The van der Waals surface area contributed by atoms with Crippen molar-refractivity contribution in [3.8, 4) is 0 Å². The Kier molecular flexibility index (Phi) is 4.94. The lowest BCUT2D eigenvalue weighted by atomic mass is 10.3. The van der Waals surface area contributed by atoms with Gasteiger partial charge < -0.3 is 15.3 Å². The van der Waals surface area contributed by atoms with Gasteiger partial charge in [-0.15, -0.1) is 0 Å². The highest BCUT2D eigenvalue weighted by Crippen LogP contribution is 2.10. The monoisotopic (exact) mass is 297 g/mol. The van der Waals surface area contributed by atoms with E-state index >= 15 is 0 Å². The molecule has 2 aromatic rings. The summed E-state index contributed by atoms with van der Waals surface area (Å²) in [7, 11) is -1.63. The van der Waals surface area contributed by atoms with E-state index in [0.29, 0.717) is 25.9 Å². The van der Waals surface area contributed by atoms with Gasteiger partial charge in [0.2, 0.25) is 10.0 Å². The molecule has 0 atom stereocenters. The number of hydrogen-bond donors (Lipinski definition) is 4. The van der Waals surface area contributed by atoms with Gasteiger partial charge in [-0.2, -0.15) is 0 Å². The SMILES string of the molecule is CNCc1cc(S(=O)(=O)NCCCc2ncc[nH]2)c[nH]1. The highest BCUT2D eigenvalue weighted by atomic mass is 32.2. The zero-order chi connectivity index (χ0) is 14.4. The molecule has 0 saturated heterocycles. The number of hydrogen-bond acceptors (Lipinski definition) is 4. The third-order valence-corrected chi connectivity index (χ3v) is 4.27. The zero-order valence-corrected chi connectivity index (χ0v) is 12.1. The van der Waals surface area contributed by atoms with Crippen LogP contribution in [0.4, 0.5) is 0 Å². The van der Waals surface area contributed by atoms with Crippen molar-refractivity contribution in [3.63, 3.8) is 0 Å². The van der Waals surface area contributed by atoms with Crippen LogP contribution >= 0.6 is 0 Å². The lowest BCUT2D eigenvalue weighted by Crippen LogP contribution is -2.24.